The minimum Gasteiger partial charge on any atom is -0.392 e. The Hall–Kier alpha value is -1.61. The average Bonchev–Trinajstić information content (AvgIpc) is 3.17. The summed E-state index contributed by atoms with van der Waals surface area (Å²) in [4.78, 5) is 13.5. The number of benzene rings is 1. The first-order valence-corrected chi connectivity index (χ1v) is 6.76. The van der Waals surface area contributed by atoms with E-state index < -0.39 is 6.10 Å². The van der Waals surface area contributed by atoms with E-state index in [2.05, 4.69) is 18.7 Å². The molecule has 1 aliphatic carbocycles. The van der Waals surface area contributed by atoms with Gasteiger partial charge in [-0.15, -0.1) is 0 Å². The normalized spacial score (nSPS) is 22.6. The smallest absolute Gasteiger partial charge is 0.246 e. The van der Waals surface area contributed by atoms with Gasteiger partial charge in [0.1, 0.15) is 0 Å². The van der Waals surface area contributed by atoms with Gasteiger partial charge >= 0.3 is 0 Å². The molecule has 1 aromatic carbocycles. The van der Waals surface area contributed by atoms with Gasteiger partial charge in [-0.05, 0) is 36.8 Å². The highest BCUT2D eigenvalue weighted by Gasteiger charge is 2.39. The highest BCUT2D eigenvalue weighted by molar-refractivity contribution is 5.87. The van der Waals surface area contributed by atoms with Crippen molar-refractivity contribution in [1.29, 1.82) is 0 Å². The molecule has 0 saturated heterocycles. The predicted octanol–water partition coefficient (Wildman–Crippen LogP) is 2.19. The molecule has 0 aliphatic heterocycles. The van der Waals surface area contributed by atoms with Crippen LogP contribution >= 0.6 is 0 Å². The van der Waals surface area contributed by atoms with Crippen molar-refractivity contribution in [3.8, 4) is 0 Å². The molecule has 0 bridgehead atoms. The van der Waals surface area contributed by atoms with Crippen LogP contribution in [0.5, 0.6) is 0 Å². The SMILES string of the molecule is C=CC(=O)N(CC(C)O)C[C@@H]1C[C@H]1c1ccccc1. The highest BCUT2D eigenvalue weighted by atomic mass is 16.3. The topological polar surface area (TPSA) is 40.5 Å². The summed E-state index contributed by atoms with van der Waals surface area (Å²) in [6.45, 7) is 6.30. The maximum Gasteiger partial charge on any atom is 0.246 e. The molecule has 1 saturated carbocycles. The number of rotatable bonds is 6. The predicted molar refractivity (Wildman–Crippen MR) is 75.7 cm³/mol. The summed E-state index contributed by atoms with van der Waals surface area (Å²) < 4.78 is 0. The van der Waals surface area contributed by atoms with E-state index in [0.717, 1.165) is 6.42 Å². The Morgan fingerprint density at radius 3 is 2.79 bits per heavy atom. The molecule has 3 heteroatoms. The zero-order chi connectivity index (χ0) is 13.8. The first kappa shape index (κ1) is 13.8. The molecule has 1 unspecified atom stereocenters. The maximum atomic E-state index is 11.8. The van der Waals surface area contributed by atoms with E-state index in [0.29, 0.717) is 24.9 Å². The van der Waals surface area contributed by atoms with E-state index in [9.17, 15) is 9.90 Å². The number of carbonyl (C=O) groups is 1. The summed E-state index contributed by atoms with van der Waals surface area (Å²) >= 11 is 0. The van der Waals surface area contributed by atoms with E-state index in [-0.39, 0.29) is 5.91 Å². The lowest BCUT2D eigenvalue weighted by atomic mass is 10.1. The second-order valence-electron chi connectivity index (χ2n) is 5.31. The van der Waals surface area contributed by atoms with Crippen LogP contribution in [0.1, 0.15) is 24.8 Å². The van der Waals surface area contributed by atoms with Gasteiger partial charge in [-0.1, -0.05) is 36.9 Å². The molecule has 2 rings (SSSR count). The Morgan fingerprint density at radius 1 is 1.53 bits per heavy atom. The Balaban J connectivity index is 1.93. The summed E-state index contributed by atoms with van der Waals surface area (Å²) in [5, 5.41) is 9.46. The lowest BCUT2D eigenvalue weighted by Gasteiger charge is -2.22. The molecule has 1 fully saturated rings. The van der Waals surface area contributed by atoms with Crippen molar-refractivity contribution in [2.24, 2.45) is 5.92 Å². The fraction of sp³-hybridized carbons (Fsp3) is 0.438. The number of aliphatic hydroxyl groups excluding tert-OH is 1. The van der Waals surface area contributed by atoms with Crippen molar-refractivity contribution in [2.75, 3.05) is 13.1 Å². The van der Waals surface area contributed by atoms with Gasteiger partial charge in [-0.25, -0.2) is 0 Å². The molecule has 3 atom stereocenters. The fourth-order valence-corrected chi connectivity index (χ4v) is 2.54. The van der Waals surface area contributed by atoms with Crippen LogP contribution in [-0.2, 0) is 4.79 Å². The van der Waals surface area contributed by atoms with Crippen molar-refractivity contribution in [3.63, 3.8) is 0 Å². The molecular formula is C16H21NO2. The Bertz CT molecular complexity index is 441. The summed E-state index contributed by atoms with van der Waals surface area (Å²) in [5.41, 5.74) is 1.34. The molecule has 19 heavy (non-hydrogen) atoms. The summed E-state index contributed by atoms with van der Waals surface area (Å²) in [6.07, 6.45) is 1.94. The third-order valence-electron chi connectivity index (χ3n) is 3.58. The van der Waals surface area contributed by atoms with Crippen LogP contribution in [-0.4, -0.2) is 35.1 Å². The minimum absolute atomic E-state index is 0.0976. The third kappa shape index (κ3) is 3.67. The van der Waals surface area contributed by atoms with Crippen LogP contribution in [0, 0.1) is 5.92 Å². The van der Waals surface area contributed by atoms with Gasteiger partial charge in [0.25, 0.3) is 0 Å². The highest BCUT2D eigenvalue weighted by Crippen LogP contribution is 2.47. The molecule has 1 N–H and O–H groups in total. The van der Waals surface area contributed by atoms with Crippen LogP contribution < -0.4 is 0 Å². The number of nitrogens with zero attached hydrogens (tertiary/aromatic N) is 1. The molecule has 3 nitrogen and oxygen atoms in total. The minimum atomic E-state index is -0.502. The fourth-order valence-electron chi connectivity index (χ4n) is 2.54. The van der Waals surface area contributed by atoms with Crippen molar-refractivity contribution in [1.82, 2.24) is 4.90 Å². The van der Waals surface area contributed by atoms with Crippen LogP contribution in [0.3, 0.4) is 0 Å². The molecule has 1 aromatic rings. The number of carbonyl (C=O) groups excluding carboxylic acids is 1. The molecule has 0 aromatic heterocycles. The van der Waals surface area contributed by atoms with E-state index in [1.807, 2.05) is 18.2 Å². The standard InChI is InChI=1S/C16H21NO2/c1-3-16(19)17(10-12(2)18)11-14-9-15(14)13-7-5-4-6-8-13/h3-8,12,14-15,18H,1,9-11H2,2H3/t12?,14-,15-/m0/s1. The lowest BCUT2D eigenvalue weighted by molar-refractivity contribution is -0.127. The van der Waals surface area contributed by atoms with Crippen molar-refractivity contribution in [3.05, 3.63) is 48.6 Å². The van der Waals surface area contributed by atoms with E-state index in [1.165, 1.54) is 11.6 Å². The van der Waals surface area contributed by atoms with Gasteiger partial charge in [0, 0.05) is 13.1 Å². The van der Waals surface area contributed by atoms with Crippen LogP contribution in [0.4, 0.5) is 0 Å². The van der Waals surface area contributed by atoms with Gasteiger partial charge in [0.15, 0.2) is 0 Å². The Labute approximate surface area is 114 Å². The van der Waals surface area contributed by atoms with Crippen molar-refractivity contribution < 1.29 is 9.90 Å². The molecule has 0 heterocycles. The van der Waals surface area contributed by atoms with Gasteiger partial charge in [0.2, 0.25) is 5.91 Å². The third-order valence-corrected chi connectivity index (χ3v) is 3.58. The van der Waals surface area contributed by atoms with Crippen LogP contribution in [0.25, 0.3) is 0 Å². The van der Waals surface area contributed by atoms with Crippen LogP contribution in [0.15, 0.2) is 43.0 Å². The monoisotopic (exact) mass is 259 g/mol. The van der Waals surface area contributed by atoms with E-state index in [1.54, 1.807) is 11.8 Å². The summed E-state index contributed by atoms with van der Waals surface area (Å²) in [7, 11) is 0. The van der Waals surface area contributed by atoms with Crippen molar-refractivity contribution >= 4 is 5.91 Å². The van der Waals surface area contributed by atoms with E-state index in [4.69, 9.17) is 0 Å². The first-order chi connectivity index (χ1) is 9.11. The van der Waals surface area contributed by atoms with Gasteiger partial charge in [-0.3, -0.25) is 4.79 Å². The van der Waals surface area contributed by atoms with Gasteiger partial charge in [-0.2, -0.15) is 0 Å². The molecular weight excluding hydrogens is 238 g/mol. The quantitative estimate of drug-likeness (QED) is 0.796. The molecule has 102 valence electrons. The molecule has 0 radical (unpaired) electrons. The number of hydrogen-bond donors (Lipinski definition) is 1. The largest absolute Gasteiger partial charge is 0.392 e. The molecule has 1 amide bonds. The van der Waals surface area contributed by atoms with Crippen molar-refractivity contribution in [2.45, 2.75) is 25.4 Å². The second kappa shape index (κ2) is 6.02. The Kier molecular flexibility index (Phi) is 4.38. The zero-order valence-corrected chi connectivity index (χ0v) is 11.3. The second-order valence-corrected chi connectivity index (χ2v) is 5.31. The summed E-state index contributed by atoms with van der Waals surface area (Å²) in [6, 6.07) is 10.4. The molecule has 1 aliphatic rings. The summed E-state index contributed by atoms with van der Waals surface area (Å²) in [5.74, 6) is 0.958. The van der Waals surface area contributed by atoms with E-state index >= 15 is 0 Å². The maximum absolute atomic E-state index is 11.8. The molecule has 0 spiro atoms. The first-order valence-electron chi connectivity index (χ1n) is 6.76. The van der Waals surface area contributed by atoms with Crippen LogP contribution in [0.2, 0.25) is 0 Å². The lowest BCUT2D eigenvalue weighted by Crippen LogP contribution is -2.37. The number of amides is 1. The number of aliphatic hydroxyl groups is 1. The Morgan fingerprint density at radius 2 is 2.21 bits per heavy atom. The van der Waals surface area contributed by atoms with Gasteiger partial charge < -0.3 is 10.0 Å². The van der Waals surface area contributed by atoms with Gasteiger partial charge in [0.05, 0.1) is 6.10 Å². The zero-order valence-electron chi connectivity index (χ0n) is 11.3. The number of hydrogen-bond acceptors (Lipinski definition) is 2. The average molecular weight is 259 g/mol.